The molecule has 1 aromatic heterocycles. The van der Waals surface area contributed by atoms with Crippen molar-refractivity contribution in [3.8, 4) is 0 Å². The van der Waals surface area contributed by atoms with Crippen LogP contribution in [0.5, 0.6) is 0 Å². The molecular weight excluding hydrogens is 350 g/mol. The average Bonchev–Trinajstić information content (AvgIpc) is 3.17. The molecule has 0 aliphatic carbocycles. The van der Waals surface area contributed by atoms with Crippen LogP contribution in [-0.2, 0) is 14.8 Å². The number of nitrogens with one attached hydrogen (secondary N) is 1. The number of aryl methyl sites for hydroxylation is 1. The zero-order chi connectivity index (χ0) is 18.7. The lowest BCUT2D eigenvalue weighted by atomic mass is 10.2. The third-order valence-corrected chi connectivity index (χ3v) is 6.64. The van der Waals surface area contributed by atoms with Gasteiger partial charge in [-0.3, -0.25) is 4.79 Å². The summed E-state index contributed by atoms with van der Waals surface area (Å²) in [6.07, 6.45) is 3.68. The topological polar surface area (TPSA) is 70.4 Å². The largest absolute Gasteiger partial charge is 0.320 e. The summed E-state index contributed by atoms with van der Waals surface area (Å²) in [6.45, 7) is 4.92. The summed E-state index contributed by atoms with van der Waals surface area (Å²) in [5.74, 6) is -0.153. The third-order valence-electron chi connectivity index (χ3n) is 4.72. The number of rotatable bonds is 5. The Morgan fingerprint density at radius 3 is 2.38 bits per heavy atom. The van der Waals surface area contributed by atoms with E-state index in [1.165, 1.54) is 4.31 Å². The molecular formula is C19H24N3O3S+. The lowest BCUT2D eigenvalue weighted by Gasteiger charge is -2.16. The van der Waals surface area contributed by atoms with E-state index in [2.05, 4.69) is 5.32 Å². The fourth-order valence-corrected chi connectivity index (χ4v) is 4.65. The van der Waals surface area contributed by atoms with Gasteiger partial charge < -0.3 is 5.32 Å². The van der Waals surface area contributed by atoms with Crippen molar-refractivity contribution in [2.75, 3.05) is 18.4 Å². The summed E-state index contributed by atoms with van der Waals surface area (Å²) in [5.41, 5.74) is 1.57. The molecule has 1 N–H and O–H groups in total. The van der Waals surface area contributed by atoms with E-state index in [0.717, 1.165) is 18.5 Å². The Labute approximate surface area is 154 Å². The van der Waals surface area contributed by atoms with Gasteiger partial charge in [0, 0.05) is 44.8 Å². The second-order valence-electron chi connectivity index (χ2n) is 6.55. The van der Waals surface area contributed by atoms with E-state index in [0.29, 0.717) is 18.8 Å². The molecule has 2 heterocycles. The number of carbonyl (C=O) groups excluding carboxylic acids is 1. The molecule has 3 rings (SSSR count). The van der Waals surface area contributed by atoms with Crippen molar-refractivity contribution in [1.29, 1.82) is 0 Å². The Hall–Kier alpha value is -2.25. The molecule has 138 valence electrons. The van der Waals surface area contributed by atoms with Gasteiger partial charge in [-0.1, -0.05) is 6.07 Å². The molecule has 0 unspecified atom stereocenters. The summed E-state index contributed by atoms with van der Waals surface area (Å²) in [6, 6.07) is 11.8. The van der Waals surface area contributed by atoms with Crippen molar-refractivity contribution in [3.05, 3.63) is 54.4 Å². The van der Waals surface area contributed by atoms with Crippen molar-refractivity contribution in [3.63, 3.8) is 0 Å². The van der Waals surface area contributed by atoms with Crippen molar-refractivity contribution in [2.45, 2.75) is 37.6 Å². The SMILES string of the molecule is Cc1cccc[n+]1[C@@H](C)C(=O)Nc1ccc(S(=O)(=O)N2CCCC2)cc1. The zero-order valence-corrected chi connectivity index (χ0v) is 15.9. The van der Waals surface area contributed by atoms with Crippen LogP contribution in [0.4, 0.5) is 5.69 Å². The first-order chi connectivity index (χ1) is 12.4. The maximum absolute atomic E-state index is 12.5. The minimum absolute atomic E-state index is 0.153. The second kappa shape index (κ2) is 7.55. The average molecular weight is 374 g/mol. The monoisotopic (exact) mass is 374 g/mol. The summed E-state index contributed by atoms with van der Waals surface area (Å²) >= 11 is 0. The zero-order valence-electron chi connectivity index (χ0n) is 15.1. The first kappa shape index (κ1) is 18.5. The fraction of sp³-hybridized carbons (Fsp3) is 0.368. The van der Waals surface area contributed by atoms with E-state index in [4.69, 9.17) is 0 Å². The van der Waals surface area contributed by atoms with Crippen LogP contribution in [0.25, 0.3) is 0 Å². The van der Waals surface area contributed by atoms with Gasteiger partial charge in [0.15, 0.2) is 11.9 Å². The summed E-state index contributed by atoms with van der Waals surface area (Å²) < 4.78 is 28.5. The Morgan fingerprint density at radius 1 is 1.12 bits per heavy atom. The summed E-state index contributed by atoms with van der Waals surface area (Å²) in [7, 11) is -3.43. The first-order valence-corrected chi connectivity index (χ1v) is 10.2. The van der Waals surface area contributed by atoms with Crippen molar-refractivity contribution in [1.82, 2.24) is 4.31 Å². The Morgan fingerprint density at radius 2 is 1.77 bits per heavy atom. The van der Waals surface area contributed by atoms with Gasteiger partial charge in [0.25, 0.3) is 5.91 Å². The highest BCUT2D eigenvalue weighted by Gasteiger charge is 2.27. The van der Waals surface area contributed by atoms with Gasteiger partial charge in [0.05, 0.1) is 4.90 Å². The maximum atomic E-state index is 12.5. The smallest absolute Gasteiger partial charge is 0.293 e. The van der Waals surface area contributed by atoms with E-state index in [9.17, 15) is 13.2 Å². The van der Waals surface area contributed by atoms with Crippen LogP contribution in [-0.4, -0.2) is 31.7 Å². The van der Waals surface area contributed by atoms with Crippen LogP contribution in [0.3, 0.4) is 0 Å². The molecule has 2 aromatic rings. The Kier molecular flexibility index (Phi) is 5.38. The van der Waals surface area contributed by atoms with E-state index in [-0.39, 0.29) is 16.8 Å². The van der Waals surface area contributed by atoms with E-state index >= 15 is 0 Å². The molecule has 0 saturated carbocycles. The summed E-state index contributed by atoms with van der Waals surface area (Å²) in [5, 5.41) is 2.85. The molecule has 6 nitrogen and oxygen atoms in total. The number of amides is 1. The van der Waals surface area contributed by atoms with Crippen LogP contribution in [0.15, 0.2) is 53.6 Å². The number of nitrogens with zero attached hydrogens (tertiary/aromatic N) is 2. The van der Waals surface area contributed by atoms with Crippen LogP contribution in [0, 0.1) is 6.92 Å². The van der Waals surface area contributed by atoms with Crippen LogP contribution >= 0.6 is 0 Å². The minimum Gasteiger partial charge on any atom is -0.320 e. The normalized spacial score (nSPS) is 16.4. The van der Waals surface area contributed by atoms with Crippen LogP contribution in [0.2, 0.25) is 0 Å². The van der Waals surface area contributed by atoms with E-state index in [1.807, 2.05) is 42.8 Å². The molecule has 26 heavy (non-hydrogen) atoms. The number of anilines is 1. The number of benzene rings is 1. The molecule has 1 aromatic carbocycles. The highest BCUT2D eigenvalue weighted by Crippen LogP contribution is 2.22. The van der Waals surface area contributed by atoms with E-state index < -0.39 is 10.0 Å². The third kappa shape index (κ3) is 3.78. The standard InChI is InChI=1S/C19H23N3O3S/c1-15-7-3-4-14-22(15)16(2)19(23)20-17-8-10-18(11-9-17)26(24,25)21-12-5-6-13-21/h3-4,7-11,14,16H,5-6,12-13H2,1-2H3/p+1/t16-/m0/s1. The molecule has 0 radical (unpaired) electrons. The van der Waals surface area contributed by atoms with Crippen LogP contribution in [0.1, 0.15) is 31.5 Å². The molecule has 0 bridgehead atoms. The van der Waals surface area contributed by atoms with Crippen LogP contribution < -0.4 is 9.88 Å². The van der Waals surface area contributed by atoms with Gasteiger partial charge >= 0.3 is 0 Å². The van der Waals surface area contributed by atoms with Gasteiger partial charge in [0.2, 0.25) is 16.1 Å². The second-order valence-corrected chi connectivity index (χ2v) is 8.49. The first-order valence-electron chi connectivity index (χ1n) is 8.77. The van der Waals surface area contributed by atoms with Crippen molar-refractivity contribution in [2.24, 2.45) is 0 Å². The predicted octanol–water partition coefficient (Wildman–Crippen LogP) is 2.27. The lowest BCUT2D eigenvalue weighted by molar-refractivity contribution is -0.711. The number of pyridine rings is 1. The molecule has 7 heteroatoms. The number of carbonyl (C=O) groups is 1. The number of sulfonamides is 1. The molecule has 1 aliphatic heterocycles. The minimum atomic E-state index is -3.43. The number of aromatic nitrogens is 1. The van der Waals surface area contributed by atoms with E-state index in [1.54, 1.807) is 24.3 Å². The molecule has 1 amide bonds. The van der Waals surface area contributed by atoms with Gasteiger partial charge in [0.1, 0.15) is 0 Å². The maximum Gasteiger partial charge on any atom is 0.293 e. The van der Waals surface area contributed by atoms with Gasteiger partial charge in [-0.15, -0.1) is 0 Å². The van der Waals surface area contributed by atoms with Crippen molar-refractivity contribution >= 4 is 21.6 Å². The predicted molar refractivity (Wildman–Crippen MR) is 99.1 cm³/mol. The van der Waals surface area contributed by atoms with Gasteiger partial charge in [-0.05, 0) is 37.1 Å². The van der Waals surface area contributed by atoms with Crippen molar-refractivity contribution < 1.29 is 17.8 Å². The molecule has 1 aliphatic rings. The quantitative estimate of drug-likeness (QED) is 0.816. The lowest BCUT2D eigenvalue weighted by Crippen LogP contribution is -2.46. The van der Waals surface area contributed by atoms with Gasteiger partial charge in [-0.2, -0.15) is 8.87 Å². The number of hydrogen-bond acceptors (Lipinski definition) is 3. The highest BCUT2D eigenvalue weighted by molar-refractivity contribution is 7.89. The Bertz CT molecular complexity index is 889. The van der Waals surface area contributed by atoms with Gasteiger partial charge in [-0.25, -0.2) is 8.42 Å². The molecule has 1 fully saturated rings. The Balaban J connectivity index is 1.71. The molecule has 1 saturated heterocycles. The summed E-state index contributed by atoms with van der Waals surface area (Å²) in [4.78, 5) is 12.8. The molecule has 1 atom stereocenters. The highest BCUT2D eigenvalue weighted by atomic mass is 32.2. The number of hydrogen-bond donors (Lipinski definition) is 1. The fourth-order valence-electron chi connectivity index (χ4n) is 3.14. The molecule has 0 spiro atoms.